The highest BCUT2D eigenvalue weighted by Gasteiger charge is 2.27. The summed E-state index contributed by atoms with van der Waals surface area (Å²) in [5.41, 5.74) is 1.20. The van der Waals surface area contributed by atoms with E-state index in [1.165, 1.54) is 30.2 Å². The summed E-state index contributed by atoms with van der Waals surface area (Å²) < 4.78 is 0. The molecule has 1 amide bonds. The minimum atomic E-state index is 0.0386. The predicted octanol–water partition coefficient (Wildman–Crippen LogP) is 3.20. The number of thioether (sulfide) groups is 1. The molecule has 0 aromatic heterocycles. The van der Waals surface area contributed by atoms with Gasteiger partial charge in [-0.2, -0.15) is 0 Å². The van der Waals surface area contributed by atoms with Crippen molar-refractivity contribution in [3.8, 4) is 0 Å². The van der Waals surface area contributed by atoms with Gasteiger partial charge < -0.3 is 10.0 Å². The molecule has 0 aliphatic carbocycles. The smallest absolute Gasteiger partial charge is 0.285 e. The van der Waals surface area contributed by atoms with Crippen LogP contribution in [0.1, 0.15) is 31.7 Å². The summed E-state index contributed by atoms with van der Waals surface area (Å²) in [7, 11) is 3.53. The Bertz CT molecular complexity index is 507. The Hall–Kier alpha value is -1.04. The summed E-state index contributed by atoms with van der Waals surface area (Å²) in [6, 6.07) is 8.90. The van der Waals surface area contributed by atoms with Crippen molar-refractivity contribution >= 4 is 17.0 Å². The molecule has 1 aromatic rings. The van der Waals surface area contributed by atoms with Crippen LogP contribution in [-0.4, -0.2) is 52.9 Å². The van der Waals surface area contributed by atoms with Gasteiger partial charge in [0.1, 0.15) is 0 Å². The summed E-state index contributed by atoms with van der Waals surface area (Å²) in [4.78, 5) is 16.8. The molecule has 122 valence electrons. The zero-order valence-electron chi connectivity index (χ0n) is 13.7. The second-order valence-corrected chi connectivity index (χ2v) is 7.22. The third-order valence-corrected chi connectivity index (χ3v) is 5.27. The van der Waals surface area contributed by atoms with E-state index in [0.29, 0.717) is 6.04 Å². The van der Waals surface area contributed by atoms with Crippen LogP contribution >= 0.6 is 11.8 Å². The number of benzene rings is 1. The fourth-order valence-corrected chi connectivity index (χ4v) is 3.67. The first-order chi connectivity index (χ1) is 10.5. The number of hydrogen-bond donors (Lipinski definition) is 1. The summed E-state index contributed by atoms with van der Waals surface area (Å²) in [6.07, 6.45) is 3.44. The van der Waals surface area contributed by atoms with Crippen molar-refractivity contribution in [2.24, 2.45) is 0 Å². The van der Waals surface area contributed by atoms with E-state index in [9.17, 15) is 9.90 Å². The van der Waals surface area contributed by atoms with Crippen molar-refractivity contribution in [2.75, 3.05) is 20.7 Å². The Labute approximate surface area is 137 Å². The molecule has 5 heteroatoms. The lowest BCUT2D eigenvalue weighted by molar-refractivity contribution is 0.0451. The second-order valence-electron chi connectivity index (χ2n) is 6.20. The molecule has 0 saturated carbocycles. The number of carbonyl (C=O) groups excluding carboxylic acids is 1. The maximum absolute atomic E-state index is 11.8. The molecule has 4 nitrogen and oxygen atoms in total. The SMILES string of the molecule is CC1CCCC(CO)N1Cc1cccc(SC(=O)N(C)C)c1. The minimum Gasteiger partial charge on any atom is -0.395 e. The van der Waals surface area contributed by atoms with Gasteiger partial charge in [0.25, 0.3) is 5.24 Å². The Morgan fingerprint density at radius 3 is 2.86 bits per heavy atom. The van der Waals surface area contributed by atoms with E-state index in [1.54, 1.807) is 19.0 Å². The molecule has 1 N–H and O–H groups in total. The summed E-state index contributed by atoms with van der Waals surface area (Å²) >= 11 is 1.25. The maximum Gasteiger partial charge on any atom is 0.285 e. The van der Waals surface area contributed by atoms with Gasteiger partial charge in [-0.05, 0) is 49.2 Å². The van der Waals surface area contributed by atoms with Crippen LogP contribution in [0.4, 0.5) is 4.79 Å². The maximum atomic E-state index is 11.8. The fraction of sp³-hybridized carbons (Fsp3) is 0.588. The molecule has 1 heterocycles. The van der Waals surface area contributed by atoms with E-state index in [-0.39, 0.29) is 17.9 Å². The monoisotopic (exact) mass is 322 g/mol. The number of aliphatic hydroxyl groups excluding tert-OH is 1. The lowest BCUT2D eigenvalue weighted by Gasteiger charge is -2.40. The first kappa shape index (κ1) is 17.3. The molecule has 1 aliphatic rings. The number of likely N-dealkylation sites (tertiary alicyclic amines) is 1. The Kier molecular flexibility index (Phi) is 6.29. The molecule has 1 aliphatic heterocycles. The highest BCUT2D eigenvalue weighted by molar-refractivity contribution is 8.13. The number of hydrogen-bond acceptors (Lipinski definition) is 4. The van der Waals surface area contributed by atoms with Crippen molar-refractivity contribution in [3.05, 3.63) is 29.8 Å². The van der Waals surface area contributed by atoms with Crippen molar-refractivity contribution < 1.29 is 9.90 Å². The lowest BCUT2D eigenvalue weighted by atomic mass is 9.96. The van der Waals surface area contributed by atoms with Crippen LogP contribution in [0.2, 0.25) is 0 Å². The molecule has 1 saturated heterocycles. The van der Waals surface area contributed by atoms with Gasteiger partial charge in [0.15, 0.2) is 0 Å². The topological polar surface area (TPSA) is 43.8 Å². The average Bonchev–Trinajstić information content (AvgIpc) is 2.49. The third-order valence-electron chi connectivity index (χ3n) is 4.24. The van der Waals surface area contributed by atoms with Gasteiger partial charge in [-0.3, -0.25) is 9.69 Å². The first-order valence-corrected chi connectivity index (χ1v) is 8.67. The third kappa shape index (κ3) is 4.48. The highest BCUT2D eigenvalue weighted by atomic mass is 32.2. The van der Waals surface area contributed by atoms with Gasteiger partial charge in [-0.25, -0.2) is 0 Å². The number of nitrogens with zero attached hydrogens (tertiary/aromatic N) is 2. The van der Waals surface area contributed by atoms with Crippen molar-refractivity contribution in [2.45, 2.75) is 49.7 Å². The number of carbonyl (C=O) groups is 1. The normalized spacial score (nSPS) is 22.5. The predicted molar refractivity (Wildman–Crippen MR) is 91.1 cm³/mol. The van der Waals surface area contributed by atoms with Gasteiger partial charge in [0, 0.05) is 37.6 Å². The van der Waals surface area contributed by atoms with Crippen LogP contribution in [0.5, 0.6) is 0 Å². The van der Waals surface area contributed by atoms with Crippen LogP contribution in [0.25, 0.3) is 0 Å². The molecule has 0 spiro atoms. The fourth-order valence-electron chi connectivity index (χ4n) is 2.93. The van der Waals surface area contributed by atoms with Crippen LogP contribution in [0.15, 0.2) is 29.2 Å². The van der Waals surface area contributed by atoms with Crippen LogP contribution < -0.4 is 0 Å². The first-order valence-electron chi connectivity index (χ1n) is 7.86. The molecule has 0 bridgehead atoms. The Morgan fingerprint density at radius 2 is 2.18 bits per heavy atom. The number of rotatable bonds is 4. The van der Waals surface area contributed by atoms with E-state index < -0.39 is 0 Å². The average molecular weight is 322 g/mol. The van der Waals surface area contributed by atoms with Crippen molar-refractivity contribution in [1.29, 1.82) is 0 Å². The number of piperidine rings is 1. The summed E-state index contributed by atoms with van der Waals surface area (Å²) in [6.45, 7) is 3.28. The number of amides is 1. The van der Waals surface area contributed by atoms with E-state index >= 15 is 0 Å². The quantitative estimate of drug-likeness (QED) is 0.865. The van der Waals surface area contributed by atoms with Crippen molar-refractivity contribution in [1.82, 2.24) is 9.80 Å². The van der Waals surface area contributed by atoms with Gasteiger partial charge in [0.05, 0.1) is 6.61 Å². The molecule has 22 heavy (non-hydrogen) atoms. The molecule has 1 aromatic carbocycles. The Morgan fingerprint density at radius 1 is 1.41 bits per heavy atom. The van der Waals surface area contributed by atoms with Gasteiger partial charge in [-0.1, -0.05) is 18.6 Å². The number of aliphatic hydroxyl groups is 1. The van der Waals surface area contributed by atoms with E-state index in [2.05, 4.69) is 24.0 Å². The van der Waals surface area contributed by atoms with Gasteiger partial charge >= 0.3 is 0 Å². The van der Waals surface area contributed by atoms with E-state index in [0.717, 1.165) is 17.9 Å². The van der Waals surface area contributed by atoms with E-state index in [4.69, 9.17) is 0 Å². The molecule has 2 rings (SSSR count). The highest BCUT2D eigenvalue weighted by Crippen LogP contribution is 2.27. The molecular formula is C17H26N2O2S. The summed E-state index contributed by atoms with van der Waals surface area (Å²) in [5, 5.41) is 9.63. The molecular weight excluding hydrogens is 296 g/mol. The van der Waals surface area contributed by atoms with Gasteiger partial charge in [0.2, 0.25) is 0 Å². The largest absolute Gasteiger partial charge is 0.395 e. The zero-order chi connectivity index (χ0) is 16.1. The van der Waals surface area contributed by atoms with E-state index in [1.807, 2.05) is 12.1 Å². The standard InChI is InChI=1S/C17H26N2O2S/c1-13-6-4-8-15(12-20)19(13)11-14-7-5-9-16(10-14)22-17(21)18(2)3/h5,7,9-10,13,15,20H,4,6,8,11-12H2,1-3H3. The summed E-state index contributed by atoms with van der Waals surface area (Å²) in [5.74, 6) is 0. The van der Waals surface area contributed by atoms with Crippen LogP contribution in [0.3, 0.4) is 0 Å². The van der Waals surface area contributed by atoms with Gasteiger partial charge in [-0.15, -0.1) is 0 Å². The zero-order valence-corrected chi connectivity index (χ0v) is 14.5. The lowest BCUT2D eigenvalue weighted by Crippen LogP contribution is -2.46. The van der Waals surface area contributed by atoms with Crippen LogP contribution in [-0.2, 0) is 6.54 Å². The van der Waals surface area contributed by atoms with Crippen LogP contribution in [0, 0.1) is 0 Å². The van der Waals surface area contributed by atoms with Crippen molar-refractivity contribution in [3.63, 3.8) is 0 Å². The molecule has 1 fully saturated rings. The molecule has 0 radical (unpaired) electrons. The minimum absolute atomic E-state index is 0.0386. The molecule has 2 atom stereocenters. The second kappa shape index (κ2) is 7.99. The Balaban J connectivity index is 2.07. The molecule has 2 unspecified atom stereocenters.